The quantitative estimate of drug-likeness (QED) is 0.662. The average Bonchev–Trinajstić information content (AvgIpc) is 3.37. The van der Waals surface area contributed by atoms with Crippen molar-refractivity contribution in [2.45, 2.75) is 32.2 Å². The van der Waals surface area contributed by atoms with Crippen molar-refractivity contribution in [1.29, 1.82) is 0 Å². The van der Waals surface area contributed by atoms with Crippen LogP contribution in [0.1, 0.15) is 34.5 Å². The Morgan fingerprint density at radius 3 is 2.75 bits per heavy atom. The van der Waals surface area contributed by atoms with Gasteiger partial charge in [0.15, 0.2) is 0 Å². The standard InChI is InChI=1S/C22H21N3O2S/c1-14-5-4-6-15(11-14)22-24-17(13-28-22)12-20(26)25-19-8-3-2-7-18(19)21(27)23-16-9-10-16/h2-8,11,13,16H,9-10,12H2,1H3,(H,23,27)(H,25,26). The number of carbonyl (C=O) groups is 2. The van der Waals surface area contributed by atoms with E-state index in [9.17, 15) is 9.59 Å². The highest BCUT2D eigenvalue weighted by Crippen LogP contribution is 2.25. The molecule has 0 bridgehead atoms. The van der Waals surface area contributed by atoms with Crippen molar-refractivity contribution < 1.29 is 9.59 Å². The zero-order valence-corrected chi connectivity index (χ0v) is 16.4. The van der Waals surface area contributed by atoms with Gasteiger partial charge in [-0.15, -0.1) is 11.3 Å². The van der Waals surface area contributed by atoms with E-state index in [0.29, 0.717) is 11.3 Å². The lowest BCUT2D eigenvalue weighted by molar-refractivity contribution is -0.115. The fraction of sp³-hybridized carbons (Fsp3) is 0.227. The zero-order valence-electron chi connectivity index (χ0n) is 15.6. The summed E-state index contributed by atoms with van der Waals surface area (Å²) in [5.41, 5.74) is 3.96. The van der Waals surface area contributed by atoms with Crippen molar-refractivity contribution in [3.05, 3.63) is 70.7 Å². The minimum Gasteiger partial charge on any atom is -0.349 e. The van der Waals surface area contributed by atoms with Gasteiger partial charge in [0, 0.05) is 17.0 Å². The lowest BCUT2D eigenvalue weighted by Crippen LogP contribution is -2.27. The van der Waals surface area contributed by atoms with E-state index < -0.39 is 0 Å². The third-order valence-corrected chi connectivity index (χ3v) is 5.46. The van der Waals surface area contributed by atoms with Gasteiger partial charge in [-0.3, -0.25) is 9.59 Å². The highest BCUT2D eigenvalue weighted by molar-refractivity contribution is 7.13. The summed E-state index contributed by atoms with van der Waals surface area (Å²) in [6.45, 7) is 2.04. The first-order valence-corrected chi connectivity index (χ1v) is 10.2. The number of nitrogens with one attached hydrogen (secondary N) is 2. The van der Waals surface area contributed by atoms with Gasteiger partial charge < -0.3 is 10.6 Å². The summed E-state index contributed by atoms with van der Waals surface area (Å²) in [6.07, 6.45) is 2.21. The first-order valence-electron chi connectivity index (χ1n) is 9.29. The van der Waals surface area contributed by atoms with E-state index >= 15 is 0 Å². The molecule has 28 heavy (non-hydrogen) atoms. The second kappa shape index (κ2) is 7.94. The van der Waals surface area contributed by atoms with Gasteiger partial charge in [-0.1, -0.05) is 35.9 Å². The summed E-state index contributed by atoms with van der Waals surface area (Å²) in [5.74, 6) is -0.332. The average molecular weight is 391 g/mol. The molecular weight excluding hydrogens is 370 g/mol. The van der Waals surface area contributed by atoms with Crippen LogP contribution in [0.3, 0.4) is 0 Å². The number of aromatic nitrogens is 1. The van der Waals surface area contributed by atoms with Crippen LogP contribution in [0.25, 0.3) is 10.6 Å². The molecule has 3 aromatic rings. The van der Waals surface area contributed by atoms with Gasteiger partial charge in [0.2, 0.25) is 5.91 Å². The fourth-order valence-corrected chi connectivity index (χ4v) is 3.76. The molecule has 0 atom stereocenters. The van der Waals surface area contributed by atoms with Gasteiger partial charge >= 0.3 is 0 Å². The van der Waals surface area contributed by atoms with E-state index in [1.165, 1.54) is 16.9 Å². The molecule has 5 nitrogen and oxygen atoms in total. The smallest absolute Gasteiger partial charge is 0.253 e. The third kappa shape index (κ3) is 4.46. The van der Waals surface area contributed by atoms with Crippen molar-refractivity contribution in [3.8, 4) is 10.6 Å². The number of para-hydroxylation sites is 1. The van der Waals surface area contributed by atoms with Crippen molar-refractivity contribution in [1.82, 2.24) is 10.3 Å². The minimum absolute atomic E-state index is 0.145. The third-order valence-electron chi connectivity index (χ3n) is 4.52. The zero-order chi connectivity index (χ0) is 19.5. The van der Waals surface area contributed by atoms with Crippen molar-refractivity contribution in [3.63, 3.8) is 0 Å². The lowest BCUT2D eigenvalue weighted by atomic mass is 10.1. The Bertz CT molecular complexity index is 1020. The number of hydrogen-bond donors (Lipinski definition) is 2. The molecule has 1 aliphatic rings. The first kappa shape index (κ1) is 18.4. The van der Waals surface area contributed by atoms with E-state index in [0.717, 1.165) is 29.1 Å². The van der Waals surface area contributed by atoms with Gasteiger partial charge in [-0.25, -0.2) is 4.98 Å². The molecule has 0 spiro atoms. The molecule has 0 radical (unpaired) electrons. The predicted molar refractivity (Wildman–Crippen MR) is 112 cm³/mol. The summed E-state index contributed by atoms with van der Waals surface area (Å²) in [4.78, 5) is 29.5. The Morgan fingerprint density at radius 1 is 1.14 bits per heavy atom. The van der Waals surface area contributed by atoms with Crippen LogP contribution >= 0.6 is 11.3 Å². The van der Waals surface area contributed by atoms with Crippen molar-refractivity contribution in [2.24, 2.45) is 0 Å². The molecule has 1 aromatic heterocycles. The highest BCUT2D eigenvalue weighted by Gasteiger charge is 2.25. The predicted octanol–water partition coefficient (Wildman–Crippen LogP) is 4.19. The molecule has 2 amide bonds. The van der Waals surface area contributed by atoms with E-state index in [-0.39, 0.29) is 24.3 Å². The van der Waals surface area contributed by atoms with Crippen molar-refractivity contribution in [2.75, 3.05) is 5.32 Å². The molecule has 142 valence electrons. The van der Waals surface area contributed by atoms with Crippen molar-refractivity contribution >= 4 is 28.8 Å². The molecule has 1 heterocycles. The van der Waals surface area contributed by atoms with Crippen LogP contribution in [-0.2, 0) is 11.2 Å². The Morgan fingerprint density at radius 2 is 1.96 bits per heavy atom. The molecule has 1 fully saturated rings. The summed E-state index contributed by atoms with van der Waals surface area (Å²) < 4.78 is 0. The van der Waals surface area contributed by atoms with Crippen LogP contribution in [0.4, 0.5) is 5.69 Å². The van der Waals surface area contributed by atoms with E-state index in [2.05, 4.69) is 21.7 Å². The number of anilines is 1. The number of nitrogens with zero attached hydrogens (tertiary/aromatic N) is 1. The molecule has 4 rings (SSSR count). The van der Waals surface area contributed by atoms with Gasteiger partial charge in [0.25, 0.3) is 5.91 Å². The van der Waals surface area contributed by atoms with Crippen LogP contribution in [-0.4, -0.2) is 22.8 Å². The molecule has 0 aliphatic heterocycles. The Kier molecular flexibility index (Phi) is 5.21. The van der Waals surface area contributed by atoms with E-state index in [1.807, 2.05) is 36.6 Å². The van der Waals surface area contributed by atoms with Gasteiger partial charge in [0.05, 0.1) is 23.4 Å². The second-order valence-electron chi connectivity index (χ2n) is 7.03. The number of aryl methyl sites for hydroxylation is 1. The first-order chi connectivity index (χ1) is 13.6. The SMILES string of the molecule is Cc1cccc(-c2nc(CC(=O)Nc3ccccc3C(=O)NC3CC3)cs2)c1. The van der Waals surface area contributed by atoms with Crippen LogP contribution < -0.4 is 10.6 Å². The molecule has 1 saturated carbocycles. The lowest BCUT2D eigenvalue weighted by Gasteiger charge is -2.10. The number of thiazole rings is 1. The Balaban J connectivity index is 1.43. The molecule has 2 aromatic carbocycles. The molecule has 0 unspecified atom stereocenters. The Hall–Kier alpha value is -2.99. The Labute approximate surface area is 167 Å². The van der Waals surface area contributed by atoms with Gasteiger partial charge in [-0.05, 0) is 38.0 Å². The minimum atomic E-state index is -0.187. The molecule has 6 heteroatoms. The molecular formula is C22H21N3O2S. The number of rotatable bonds is 6. The molecule has 2 N–H and O–H groups in total. The van der Waals surface area contributed by atoms with Crippen LogP contribution in [0.15, 0.2) is 53.9 Å². The number of hydrogen-bond acceptors (Lipinski definition) is 4. The molecule has 0 saturated heterocycles. The van der Waals surface area contributed by atoms with Gasteiger partial charge in [0.1, 0.15) is 5.01 Å². The normalized spacial score (nSPS) is 13.2. The number of benzene rings is 2. The van der Waals surface area contributed by atoms with Crippen LogP contribution in [0, 0.1) is 6.92 Å². The largest absolute Gasteiger partial charge is 0.349 e. The topological polar surface area (TPSA) is 71.1 Å². The van der Waals surface area contributed by atoms with E-state index in [4.69, 9.17) is 0 Å². The van der Waals surface area contributed by atoms with Crippen LogP contribution in [0.2, 0.25) is 0 Å². The maximum absolute atomic E-state index is 12.5. The summed E-state index contributed by atoms with van der Waals surface area (Å²) in [7, 11) is 0. The summed E-state index contributed by atoms with van der Waals surface area (Å²) >= 11 is 1.53. The summed E-state index contributed by atoms with van der Waals surface area (Å²) in [6, 6.07) is 15.5. The monoisotopic (exact) mass is 391 g/mol. The maximum Gasteiger partial charge on any atom is 0.253 e. The van der Waals surface area contributed by atoms with E-state index in [1.54, 1.807) is 18.2 Å². The highest BCUT2D eigenvalue weighted by atomic mass is 32.1. The number of amides is 2. The molecule has 1 aliphatic carbocycles. The summed E-state index contributed by atoms with van der Waals surface area (Å²) in [5, 5.41) is 8.62. The fourth-order valence-electron chi connectivity index (χ4n) is 2.94. The van der Waals surface area contributed by atoms with Crippen LogP contribution in [0.5, 0.6) is 0 Å². The maximum atomic E-state index is 12.5. The second-order valence-corrected chi connectivity index (χ2v) is 7.89. The van der Waals surface area contributed by atoms with Gasteiger partial charge in [-0.2, -0.15) is 0 Å². The number of carbonyl (C=O) groups excluding carboxylic acids is 2.